The van der Waals surface area contributed by atoms with E-state index in [1.54, 1.807) is 11.8 Å². The van der Waals surface area contributed by atoms with Crippen molar-refractivity contribution in [3.05, 3.63) is 11.1 Å². The summed E-state index contributed by atoms with van der Waals surface area (Å²) in [4.78, 5) is 33.4. The topological polar surface area (TPSA) is 53.5 Å². The van der Waals surface area contributed by atoms with Crippen LogP contribution in [0.2, 0.25) is 0 Å². The molecule has 7 heteroatoms. The van der Waals surface area contributed by atoms with Gasteiger partial charge >= 0.3 is 0 Å². The quantitative estimate of drug-likeness (QED) is 0.790. The molecule has 4 heterocycles. The van der Waals surface area contributed by atoms with Gasteiger partial charge in [0, 0.05) is 31.1 Å². The molecule has 0 aromatic carbocycles. The third kappa shape index (κ3) is 2.88. The summed E-state index contributed by atoms with van der Waals surface area (Å²) in [7, 11) is 0. The number of rotatable bonds is 4. The van der Waals surface area contributed by atoms with Gasteiger partial charge in [-0.1, -0.05) is 18.7 Å². The second-order valence-electron chi connectivity index (χ2n) is 5.87. The summed E-state index contributed by atoms with van der Waals surface area (Å²) in [5, 5.41) is 1.83. The maximum Gasteiger partial charge on any atom is 0.273 e. The Balaban J connectivity index is 1.79. The first-order valence-corrected chi connectivity index (χ1v) is 9.83. The SMILES string of the molecule is CCCN1C(=O)[C@H]2CC[C@@H]1CN(C(=O)c1csc(SC)n1)C2. The van der Waals surface area contributed by atoms with Crippen molar-refractivity contribution in [1.82, 2.24) is 14.8 Å². The zero-order valence-electron chi connectivity index (χ0n) is 12.9. The summed E-state index contributed by atoms with van der Waals surface area (Å²) in [6.45, 7) is 4.08. The number of fused-ring (bicyclic) bond motifs is 4. The van der Waals surface area contributed by atoms with Gasteiger partial charge in [-0.05, 0) is 25.5 Å². The van der Waals surface area contributed by atoms with Crippen LogP contribution in [0.5, 0.6) is 0 Å². The van der Waals surface area contributed by atoms with Crippen LogP contribution in [0, 0.1) is 5.92 Å². The minimum atomic E-state index is -0.0343. The zero-order chi connectivity index (χ0) is 15.7. The highest BCUT2D eigenvalue weighted by molar-refractivity contribution is 8.00. The van der Waals surface area contributed by atoms with Crippen molar-refractivity contribution in [2.75, 3.05) is 25.9 Å². The molecular weight excluding hydrogens is 318 g/mol. The second-order valence-corrected chi connectivity index (χ2v) is 7.78. The Labute approximate surface area is 139 Å². The molecule has 5 nitrogen and oxygen atoms in total. The zero-order valence-corrected chi connectivity index (χ0v) is 14.6. The number of amides is 2. The Bertz CT molecular complexity index is 575. The Kier molecular flexibility index (Phi) is 4.73. The van der Waals surface area contributed by atoms with Crippen LogP contribution < -0.4 is 0 Å². The summed E-state index contributed by atoms with van der Waals surface area (Å²) < 4.78 is 0.907. The van der Waals surface area contributed by atoms with Gasteiger partial charge < -0.3 is 9.80 Å². The summed E-state index contributed by atoms with van der Waals surface area (Å²) in [6, 6.07) is 0.175. The lowest BCUT2D eigenvalue weighted by molar-refractivity contribution is -0.139. The third-order valence-corrected chi connectivity index (χ3v) is 6.29. The van der Waals surface area contributed by atoms with Crippen molar-refractivity contribution in [2.45, 2.75) is 36.6 Å². The molecule has 2 amide bonds. The number of hydrogen-bond donors (Lipinski definition) is 0. The molecule has 3 aliphatic heterocycles. The minimum absolute atomic E-state index is 0.0281. The molecule has 0 N–H and O–H groups in total. The highest BCUT2D eigenvalue weighted by Gasteiger charge is 2.41. The third-order valence-electron chi connectivity index (χ3n) is 4.42. The summed E-state index contributed by atoms with van der Waals surface area (Å²) >= 11 is 3.05. The average molecular weight is 339 g/mol. The molecule has 3 saturated heterocycles. The predicted molar refractivity (Wildman–Crippen MR) is 88.3 cm³/mol. The number of carbonyl (C=O) groups is 2. The molecule has 2 atom stereocenters. The van der Waals surface area contributed by atoms with E-state index >= 15 is 0 Å². The first kappa shape index (κ1) is 15.8. The molecule has 0 saturated carbocycles. The van der Waals surface area contributed by atoms with E-state index in [1.165, 1.54) is 11.3 Å². The van der Waals surface area contributed by atoms with Gasteiger partial charge in [-0.2, -0.15) is 0 Å². The van der Waals surface area contributed by atoms with E-state index in [0.29, 0.717) is 18.8 Å². The number of aromatic nitrogens is 1. The van der Waals surface area contributed by atoms with Crippen molar-refractivity contribution in [3.63, 3.8) is 0 Å². The van der Waals surface area contributed by atoms with Gasteiger partial charge in [0.1, 0.15) is 10.0 Å². The summed E-state index contributed by atoms with van der Waals surface area (Å²) in [6.07, 6.45) is 4.83. The molecule has 3 aliphatic rings. The van der Waals surface area contributed by atoms with Crippen LogP contribution in [0.15, 0.2) is 9.72 Å². The number of thioether (sulfide) groups is 1. The van der Waals surface area contributed by atoms with Crippen LogP contribution in [0.3, 0.4) is 0 Å². The van der Waals surface area contributed by atoms with Gasteiger partial charge in [0.15, 0.2) is 0 Å². The van der Waals surface area contributed by atoms with Gasteiger partial charge in [0.2, 0.25) is 5.91 Å². The molecule has 120 valence electrons. The van der Waals surface area contributed by atoms with Gasteiger partial charge in [0.05, 0.1) is 5.92 Å². The number of nitrogens with zero attached hydrogens (tertiary/aromatic N) is 3. The smallest absolute Gasteiger partial charge is 0.273 e. The van der Waals surface area contributed by atoms with Crippen LogP contribution in [0.25, 0.3) is 0 Å². The van der Waals surface area contributed by atoms with Gasteiger partial charge in [-0.25, -0.2) is 4.98 Å². The predicted octanol–water partition coefficient (Wildman–Crippen LogP) is 2.34. The standard InChI is InChI=1S/C15H21N3O2S2/c1-3-6-18-11-5-4-10(13(18)19)7-17(8-11)14(20)12-9-22-15(16-12)21-2/h9-11H,3-8H2,1-2H3/t10-,11+/m0/s1. The van der Waals surface area contributed by atoms with Gasteiger partial charge in [-0.3, -0.25) is 9.59 Å². The maximum absolute atomic E-state index is 12.7. The van der Waals surface area contributed by atoms with Crippen LogP contribution in [-0.4, -0.2) is 58.5 Å². The van der Waals surface area contributed by atoms with E-state index < -0.39 is 0 Å². The van der Waals surface area contributed by atoms with Crippen LogP contribution >= 0.6 is 23.1 Å². The van der Waals surface area contributed by atoms with Crippen LogP contribution in [0.4, 0.5) is 0 Å². The molecule has 0 radical (unpaired) electrons. The fourth-order valence-electron chi connectivity index (χ4n) is 3.35. The van der Waals surface area contributed by atoms with Crippen molar-refractivity contribution in [3.8, 4) is 0 Å². The van der Waals surface area contributed by atoms with Crippen LogP contribution in [0.1, 0.15) is 36.7 Å². The van der Waals surface area contributed by atoms with E-state index in [2.05, 4.69) is 11.9 Å². The van der Waals surface area contributed by atoms with Crippen molar-refractivity contribution < 1.29 is 9.59 Å². The lowest BCUT2D eigenvalue weighted by atomic mass is 9.94. The van der Waals surface area contributed by atoms with Gasteiger partial charge in [-0.15, -0.1) is 11.3 Å². The molecule has 0 aliphatic carbocycles. The molecular formula is C15H21N3O2S2. The fourth-order valence-corrected chi connectivity index (χ4v) is 4.59. The molecule has 3 fully saturated rings. The maximum atomic E-state index is 12.7. The Morgan fingerprint density at radius 1 is 1.45 bits per heavy atom. The first-order chi connectivity index (χ1) is 10.6. The van der Waals surface area contributed by atoms with Crippen LogP contribution in [-0.2, 0) is 4.79 Å². The molecule has 2 bridgehead atoms. The first-order valence-electron chi connectivity index (χ1n) is 7.73. The monoisotopic (exact) mass is 339 g/mol. The molecule has 1 aromatic rings. The van der Waals surface area contributed by atoms with Crippen molar-refractivity contribution >= 4 is 34.9 Å². The highest BCUT2D eigenvalue weighted by atomic mass is 32.2. The number of carbonyl (C=O) groups excluding carboxylic acids is 2. The highest BCUT2D eigenvalue weighted by Crippen LogP contribution is 2.30. The Hall–Kier alpha value is -1.08. The molecule has 4 rings (SSSR count). The number of piperidine rings is 1. The molecule has 22 heavy (non-hydrogen) atoms. The normalized spacial score (nSPS) is 24.7. The summed E-state index contributed by atoms with van der Waals surface area (Å²) in [5.41, 5.74) is 0.519. The number of hydrogen-bond acceptors (Lipinski definition) is 5. The van der Waals surface area contributed by atoms with Crippen molar-refractivity contribution in [1.29, 1.82) is 0 Å². The van der Waals surface area contributed by atoms with Gasteiger partial charge in [0.25, 0.3) is 5.91 Å². The molecule has 1 aromatic heterocycles. The Morgan fingerprint density at radius 3 is 2.95 bits per heavy atom. The largest absolute Gasteiger partial charge is 0.338 e. The number of thiazole rings is 1. The second kappa shape index (κ2) is 6.58. The van der Waals surface area contributed by atoms with Crippen molar-refractivity contribution in [2.24, 2.45) is 5.92 Å². The summed E-state index contributed by atoms with van der Waals surface area (Å²) in [5.74, 6) is 0.170. The molecule has 0 spiro atoms. The van der Waals surface area contributed by atoms with E-state index in [1.807, 2.05) is 21.4 Å². The Morgan fingerprint density at radius 2 is 2.27 bits per heavy atom. The lowest BCUT2D eigenvalue weighted by Gasteiger charge is -2.35. The fraction of sp³-hybridized carbons (Fsp3) is 0.667. The lowest BCUT2D eigenvalue weighted by Crippen LogP contribution is -2.48. The molecule has 0 unspecified atom stereocenters. The van der Waals surface area contributed by atoms with E-state index in [4.69, 9.17) is 0 Å². The average Bonchev–Trinajstić information content (AvgIpc) is 2.85. The minimum Gasteiger partial charge on any atom is -0.338 e. The van der Waals surface area contributed by atoms with E-state index in [9.17, 15) is 9.59 Å². The van der Waals surface area contributed by atoms with E-state index in [0.717, 1.165) is 30.1 Å². The van der Waals surface area contributed by atoms with E-state index in [-0.39, 0.29) is 23.8 Å².